The lowest BCUT2D eigenvalue weighted by molar-refractivity contribution is -0.169. The number of hydrogen-bond acceptors (Lipinski definition) is 13. The van der Waals surface area contributed by atoms with Crippen LogP contribution >= 0.6 is 0 Å². The number of anilines is 1. The first kappa shape index (κ1) is 33.2. The van der Waals surface area contributed by atoms with Gasteiger partial charge in [0.05, 0.1) is 24.8 Å². The molecule has 2 aliphatic rings. The van der Waals surface area contributed by atoms with Gasteiger partial charge in [-0.15, -0.1) is 0 Å². The molecule has 4 atom stereocenters. The lowest BCUT2D eigenvalue weighted by Crippen LogP contribution is -2.46. The Balaban J connectivity index is 1.78. The summed E-state index contributed by atoms with van der Waals surface area (Å²) < 4.78 is 26.5. The van der Waals surface area contributed by atoms with Crippen LogP contribution < -0.4 is 10.7 Å². The summed E-state index contributed by atoms with van der Waals surface area (Å²) in [6.45, 7) is 13.3. The van der Waals surface area contributed by atoms with Gasteiger partial charge in [0.25, 0.3) is 0 Å². The monoisotopic (exact) mass is 630 g/mol. The molecular formula is C29H42N6O8Si. The van der Waals surface area contributed by atoms with Gasteiger partial charge < -0.3 is 38.5 Å². The molecule has 0 amide bonds. The van der Waals surface area contributed by atoms with Crippen LogP contribution in [0.25, 0.3) is 11.0 Å². The van der Waals surface area contributed by atoms with Crippen LogP contribution in [0.4, 0.5) is 5.82 Å². The van der Waals surface area contributed by atoms with Gasteiger partial charge in [-0.1, -0.05) is 20.8 Å². The molecule has 4 rings (SSSR count). The van der Waals surface area contributed by atoms with Crippen molar-refractivity contribution in [2.75, 3.05) is 18.7 Å². The number of hydrazone groups is 1. The second-order valence-corrected chi connectivity index (χ2v) is 17.6. The van der Waals surface area contributed by atoms with E-state index in [4.69, 9.17) is 24.4 Å². The van der Waals surface area contributed by atoms with Crippen LogP contribution in [0.1, 0.15) is 72.1 Å². The Labute approximate surface area is 257 Å². The van der Waals surface area contributed by atoms with E-state index in [1.807, 2.05) is 0 Å². The second kappa shape index (κ2) is 12.7. The highest BCUT2D eigenvalue weighted by molar-refractivity contribution is 6.74. The second-order valence-electron chi connectivity index (χ2n) is 12.8. The zero-order valence-corrected chi connectivity index (χ0v) is 27.6. The van der Waals surface area contributed by atoms with Crippen molar-refractivity contribution in [3.63, 3.8) is 0 Å². The molecule has 2 aromatic heterocycles. The van der Waals surface area contributed by atoms with E-state index in [1.165, 1.54) is 20.2 Å². The summed E-state index contributed by atoms with van der Waals surface area (Å²) in [6.07, 6.45) is -1.35. The maximum Gasteiger partial charge on any atom is 0.306 e. The highest BCUT2D eigenvalue weighted by atomic mass is 28.4. The third kappa shape index (κ3) is 6.99. The molecule has 0 unspecified atom stereocenters. The van der Waals surface area contributed by atoms with Crippen LogP contribution in [0.3, 0.4) is 0 Å². The minimum Gasteiger partial charge on any atom is -0.455 e. The molecule has 1 saturated heterocycles. The first-order valence-electron chi connectivity index (χ1n) is 14.6. The van der Waals surface area contributed by atoms with Gasteiger partial charge >= 0.3 is 11.9 Å². The summed E-state index contributed by atoms with van der Waals surface area (Å²) in [6, 6.07) is 0. The zero-order chi connectivity index (χ0) is 32.6. The molecule has 15 heteroatoms. The van der Waals surface area contributed by atoms with E-state index >= 15 is 0 Å². The van der Waals surface area contributed by atoms with E-state index in [0.717, 1.165) is 0 Å². The maximum absolute atomic E-state index is 13.0. The average Bonchev–Trinajstić information content (AvgIpc) is 3.47. The predicted molar refractivity (Wildman–Crippen MR) is 163 cm³/mol. The van der Waals surface area contributed by atoms with E-state index in [-0.39, 0.29) is 54.7 Å². The van der Waals surface area contributed by atoms with Gasteiger partial charge in [-0.05, 0) is 32.0 Å². The number of carbonyl (C=O) groups is 4. The standard InChI is InChI=1S/C29H42N6O8Si/c1-16(36)9-11-20(38)42-23-19(14-40-44(7,8)29(3,4)5)41-28(24(23)43-21(39)12-10-17(2)37)35-13-18-22-26(31-15-32-27(22)35)34(6)33-25(18)30/h13,15,19,23-24,28H,9-12,14H2,1-8H3,(H2,30,33)/t19-,23-,24-,28-/m1/s1. The van der Waals surface area contributed by atoms with E-state index in [9.17, 15) is 19.2 Å². The molecular weight excluding hydrogens is 588 g/mol. The normalized spacial score (nSPS) is 21.7. The third-order valence-corrected chi connectivity index (χ3v) is 12.8. The predicted octanol–water partition coefficient (Wildman–Crippen LogP) is 2.98. The number of ketones is 2. The smallest absolute Gasteiger partial charge is 0.306 e. The Bertz CT molecular complexity index is 1480. The summed E-state index contributed by atoms with van der Waals surface area (Å²) in [5, 5.41) is 6.39. The Morgan fingerprint density at radius 1 is 0.977 bits per heavy atom. The molecule has 0 saturated carbocycles. The number of rotatable bonds is 12. The van der Waals surface area contributed by atoms with Gasteiger partial charge in [-0.25, -0.2) is 15.0 Å². The molecule has 2 N–H and O–H groups in total. The quantitative estimate of drug-likeness (QED) is 0.268. The summed E-state index contributed by atoms with van der Waals surface area (Å²) in [5.41, 5.74) is 7.28. The summed E-state index contributed by atoms with van der Waals surface area (Å²) in [4.78, 5) is 58.1. The topological polar surface area (TPSA) is 178 Å². The first-order valence-corrected chi connectivity index (χ1v) is 17.5. The maximum atomic E-state index is 13.0. The van der Waals surface area contributed by atoms with Gasteiger partial charge in [0, 0.05) is 31.6 Å². The van der Waals surface area contributed by atoms with Crippen molar-refractivity contribution in [3.8, 4) is 0 Å². The fraction of sp³-hybridized carbons (Fsp3) is 0.621. The molecule has 4 heterocycles. The van der Waals surface area contributed by atoms with Crippen molar-refractivity contribution in [2.45, 2.75) is 103 Å². The van der Waals surface area contributed by atoms with Crippen molar-refractivity contribution < 1.29 is 37.8 Å². The Morgan fingerprint density at radius 2 is 1.57 bits per heavy atom. The van der Waals surface area contributed by atoms with E-state index in [0.29, 0.717) is 22.4 Å². The van der Waals surface area contributed by atoms with Gasteiger partial charge in [0.15, 0.2) is 38.4 Å². The van der Waals surface area contributed by atoms with E-state index in [2.05, 4.69) is 48.9 Å². The number of esters is 2. The fourth-order valence-corrected chi connectivity index (χ4v) is 5.80. The van der Waals surface area contributed by atoms with Crippen LogP contribution in [0, 0.1) is 0 Å². The molecule has 240 valence electrons. The Kier molecular flexibility index (Phi) is 9.61. The number of aromatic nitrogens is 3. The van der Waals surface area contributed by atoms with Crippen LogP contribution in [0.2, 0.25) is 18.1 Å². The van der Waals surface area contributed by atoms with Gasteiger partial charge in [0.1, 0.15) is 29.6 Å². The molecule has 2 aliphatic heterocycles. The zero-order valence-electron chi connectivity index (χ0n) is 26.6. The number of Topliss-reactive ketones (excluding diaryl/α,β-unsaturated/α-hetero) is 2. The number of nitrogens with zero attached hydrogens (tertiary/aromatic N) is 5. The molecule has 14 nitrogen and oxygen atoms in total. The minimum absolute atomic E-state index is 0.00145. The molecule has 44 heavy (non-hydrogen) atoms. The molecule has 0 aromatic carbocycles. The van der Waals surface area contributed by atoms with Crippen molar-refractivity contribution in [2.24, 2.45) is 10.8 Å². The van der Waals surface area contributed by atoms with Gasteiger partial charge in [-0.2, -0.15) is 5.10 Å². The largest absolute Gasteiger partial charge is 0.455 e. The lowest BCUT2D eigenvalue weighted by atomic mass is 10.1. The minimum atomic E-state index is -2.29. The highest BCUT2D eigenvalue weighted by Gasteiger charge is 2.52. The number of hydrogen-bond donors (Lipinski definition) is 1. The SMILES string of the molecule is CC(=O)CCC(=O)O[C@@H]1[C@H](OC(=O)CCC(C)=O)[C@@H](CO[Si](C)(C)C(C)(C)C)O[C@H]1n1cc2c3c(ncnc31)N(C)N=C2N. The lowest BCUT2D eigenvalue weighted by Gasteiger charge is -2.37. The van der Waals surface area contributed by atoms with Crippen molar-refractivity contribution in [1.29, 1.82) is 0 Å². The highest BCUT2D eigenvalue weighted by Crippen LogP contribution is 2.41. The molecule has 0 spiro atoms. The summed E-state index contributed by atoms with van der Waals surface area (Å²) >= 11 is 0. The van der Waals surface area contributed by atoms with Crippen LogP contribution in [-0.2, 0) is 37.8 Å². The third-order valence-electron chi connectivity index (χ3n) is 8.30. The molecule has 0 radical (unpaired) electrons. The number of amidine groups is 1. The molecule has 0 aliphatic carbocycles. The average molecular weight is 631 g/mol. The first-order chi connectivity index (χ1) is 20.5. The van der Waals surface area contributed by atoms with Crippen molar-refractivity contribution in [1.82, 2.24) is 14.5 Å². The number of ether oxygens (including phenoxy) is 3. The van der Waals surface area contributed by atoms with Crippen molar-refractivity contribution in [3.05, 3.63) is 18.1 Å². The number of carbonyl (C=O) groups excluding carboxylic acids is 4. The Hall–Kier alpha value is -3.69. The Morgan fingerprint density at radius 3 is 2.14 bits per heavy atom. The van der Waals surface area contributed by atoms with Crippen molar-refractivity contribution >= 4 is 54.5 Å². The number of nitrogens with two attached hydrogens (primary N) is 1. The molecule has 0 bridgehead atoms. The van der Waals surface area contributed by atoms with Crippen LogP contribution in [-0.4, -0.2) is 84.2 Å². The van der Waals surface area contributed by atoms with Gasteiger partial charge in [0.2, 0.25) is 0 Å². The van der Waals surface area contributed by atoms with Crippen LogP contribution in [0.5, 0.6) is 0 Å². The van der Waals surface area contributed by atoms with Gasteiger partial charge in [-0.3, -0.25) is 9.59 Å². The van der Waals surface area contributed by atoms with E-state index < -0.39 is 44.8 Å². The van der Waals surface area contributed by atoms with Crippen LogP contribution in [0.15, 0.2) is 17.6 Å². The molecule has 1 fully saturated rings. The fourth-order valence-electron chi connectivity index (χ4n) is 4.78. The van der Waals surface area contributed by atoms with E-state index in [1.54, 1.807) is 22.8 Å². The summed E-state index contributed by atoms with van der Waals surface area (Å²) in [5.74, 6) is -0.880. The molecule has 2 aromatic rings. The summed E-state index contributed by atoms with van der Waals surface area (Å²) in [7, 11) is -0.576.